The first-order valence-electron chi connectivity index (χ1n) is 7.35. The lowest BCUT2D eigenvalue weighted by molar-refractivity contribution is 0.0953. The highest BCUT2D eigenvalue weighted by atomic mass is 32.2. The minimum Gasteiger partial charge on any atom is -0.352 e. The zero-order chi connectivity index (χ0) is 17.6. The highest BCUT2D eigenvalue weighted by Crippen LogP contribution is 2.18. The maximum Gasteiger partial charge on any atom is 0.341 e. The number of amides is 1. The van der Waals surface area contributed by atoms with E-state index in [9.17, 15) is 22.0 Å². The standard InChI is InChI=1S/C17H17F2NO3S/c18-17(19)24(22,23)15-10-8-14(9-11-15)16(21)20-12-4-7-13-5-2-1-3-6-13/h1-3,5-6,8-11,17H,4,7,12H2,(H,20,21). The Hall–Kier alpha value is -2.28. The Morgan fingerprint density at radius 1 is 1.00 bits per heavy atom. The molecular weight excluding hydrogens is 336 g/mol. The van der Waals surface area contributed by atoms with Crippen LogP contribution in [0.4, 0.5) is 8.78 Å². The summed E-state index contributed by atoms with van der Waals surface area (Å²) < 4.78 is 47.5. The molecule has 1 amide bonds. The lowest BCUT2D eigenvalue weighted by Gasteiger charge is -2.07. The Labute approximate surface area is 139 Å². The normalized spacial score (nSPS) is 11.5. The van der Waals surface area contributed by atoms with E-state index in [0.29, 0.717) is 6.54 Å². The zero-order valence-corrected chi connectivity index (χ0v) is 13.6. The zero-order valence-electron chi connectivity index (χ0n) is 12.8. The fourth-order valence-electron chi connectivity index (χ4n) is 2.14. The molecule has 1 N–H and O–H groups in total. The van der Waals surface area contributed by atoms with Crippen molar-refractivity contribution in [1.29, 1.82) is 0 Å². The van der Waals surface area contributed by atoms with Gasteiger partial charge in [-0.1, -0.05) is 30.3 Å². The maximum atomic E-state index is 12.4. The molecule has 0 spiro atoms. The van der Waals surface area contributed by atoms with Crippen LogP contribution in [0.15, 0.2) is 59.5 Å². The molecule has 4 nitrogen and oxygen atoms in total. The number of halogens is 2. The lowest BCUT2D eigenvalue weighted by atomic mass is 10.1. The molecule has 24 heavy (non-hydrogen) atoms. The van der Waals surface area contributed by atoms with Gasteiger partial charge in [-0.3, -0.25) is 4.79 Å². The average Bonchev–Trinajstić information content (AvgIpc) is 2.59. The van der Waals surface area contributed by atoms with Gasteiger partial charge in [0.2, 0.25) is 9.84 Å². The van der Waals surface area contributed by atoms with Crippen LogP contribution in [0.5, 0.6) is 0 Å². The summed E-state index contributed by atoms with van der Waals surface area (Å²) >= 11 is 0. The SMILES string of the molecule is O=C(NCCCc1ccccc1)c1ccc(S(=O)(=O)C(F)F)cc1. The predicted molar refractivity (Wildman–Crippen MR) is 86.7 cm³/mol. The summed E-state index contributed by atoms with van der Waals surface area (Å²) in [5, 5.41) is 2.71. The van der Waals surface area contributed by atoms with Gasteiger partial charge >= 0.3 is 5.76 Å². The topological polar surface area (TPSA) is 63.2 Å². The number of nitrogens with one attached hydrogen (secondary N) is 1. The molecule has 0 atom stereocenters. The van der Waals surface area contributed by atoms with Gasteiger partial charge in [0.1, 0.15) is 0 Å². The summed E-state index contributed by atoms with van der Waals surface area (Å²) in [6.07, 6.45) is 1.58. The Bertz CT molecular complexity index is 775. The van der Waals surface area contributed by atoms with Gasteiger partial charge in [-0.2, -0.15) is 8.78 Å². The monoisotopic (exact) mass is 353 g/mol. The molecule has 0 aliphatic heterocycles. The number of benzene rings is 2. The van der Waals surface area contributed by atoms with Crippen molar-refractivity contribution >= 4 is 15.7 Å². The molecule has 0 fully saturated rings. The quantitative estimate of drug-likeness (QED) is 0.778. The van der Waals surface area contributed by atoms with E-state index in [1.165, 1.54) is 17.7 Å². The van der Waals surface area contributed by atoms with E-state index in [1.54, 1.807) is 0 Å². The van der Waals surface area contributed by atoms with E-state index in [0.717, 1.165) is 25.0 Å². The van der Waals surface area contributed by atoms with Gasteiger partial charge in [0.25, 0.3) is 5.91 Å². The summed E-state index contributed by atoms with van der Waals surface area (Å²) in [5.74, 6) is -3.85. The predicted octanol–water partition coefficient (Wildman–Crippen LogP) is 3.05. The summed E-state index contributed by atoms with van der Waals surface area (Å²) in [6, 6.07) is 14.3. The Balaban J connectivity index is 1.87. The van der Waals surface area contributed by atoms with Crippen molar-refractivity contribution < 1.29 is 22.0 Å². The molecule has 2 aromatic rings. The number of carbonyl (C=O) groups excluding carboxylic acids is 1. The molecule has 2 aromatic carbocycles. The number of carbonyl (C=O) groups is 1. The number of alkyl halides is 2. The van der Waals surface area contributed by atoms with Crippen LogP contribution in [-0.2, 0) is 16.3 Å². The van der Waals surface area contributed by atoms with Crippen molar-refractivity contribution in [3.05, 3.63) is 65.7 Å². The molecule has 2 rings (SSSR count). The Kier molecular flexibility index (Phi) is 6.03. The second-order valence-corrected chi connectivity index (χ2v) is 7.09. The van der Waals surface area contributed by atoms with Gasteiger partial charge in [-0.05, 0) is 42.7 Å². The fourth-order valence-corrected chi connectivity index (χ4v) is 2.86. The van der Waals surface area contributed by atoms with Crippen LogP contribution < -0.4 is 5.32 Å². The minimum absolute atomic E-state index is 0.225. The van der Waals surface area contributed by atoms with E-state index in [2.05, 4.69) is 5.32 Å². The molecule has 0 saturated heterocycles. The highest BCUT2D eigenvalue weighted by molar-refractivity contribution is 7.91. The lowest BCUT2D eigenvalue weighted by Crippen LogP contribution is -2.24. The average molecular weight is 353 g/mol. The minimum atomic E-state index is -4.64. The molecule has 0 aliphatic carbocycles. The number of aryl methyl sites for hydroxylation is 1. The molecule has 128 valence electrons. The third kappa shape index (κ3) is 4.61. The van der Waals surface area contributed by atoms with Crippen LogP contribution >= 0.6 is 0 Å². The second kappa shape index (κ2) is 8.01. The number of hydrogen-bond donors (Lipinski definition) is 1. The molecule has 0 aliphatic rings. The first kappa shape index (κ1) is 18.1. The van der Waals surface area contributed by atoms with Gasteiger partial charge in [0.05, 0.1) is 4.90 Å². The molecule has 0 aromatic heterocycles. The number of hydrogen-bond acceptors (Lipinski definition) is 3. The van der Waals surface area contributed by atoms with Crippen molar-refractivity contribution in [2.24, 2.45) is 0 Å². The third-order valence-corrected chi connectivity index (χ3v) is 4.85. The molecule has 0 bridgehead atoms. The summed E-state index contributed by atoms with van der Waals surface area (Å²) in [5.41, 5.74) is 1.40. The van der Waals surface area contributed by atoms with Crippen molar-refractivity contribution in [2.45, 2.75) is 23.5 Å². The fraction of sp³-hybridized carbons (Fsp3) is 0.235. The van der Waals surface area contributed by atoms with Crippen LogP contribution in [0.25, 0.3) is 0 Å². The van der Waals surface area contributed by atoms with Crippen LogP contribution in [0.2, 0.25) is 0 Å². The van der Waals surface area contributed by atoms with Crippen LogP contribution in [0.1, 0.15) is 22.3 Å². The van der Waals surface area contributed by atoms with Crippen LogP contribution in [0, 0.1) is 0 Å². The largest absolute Gasteiger partial charge is 0.352 e. The molecule has 0 unspecified atom stereocenters. The second-order valence-electron chi connectivity index (χ2n) is 5.18. The first-order chi connectivity index (χ1) is 11.4. The molecule has 0 heterocycles. The van der Waals surface area contributed by atoms with Gasteiger partial charge in [-0.25, -0.2) is 8.42 Å². The Morgan fingerprint density at radius 3 is 2.21 bits per heavy atom. The van der Waals surface area contributed by atoms with E-state index < -0.39 is 20.5 Å². The third-order valence-electron chi connectivity index (χ3n) is 3.45. The first-order valence-corrected chi connectivity index (χ1v) is 8.90. The van der Waals surface area contributed by atoms with Crippen LogP contribution in [0.3, 0.4) is 0 Å². The maximum absolute atomic E-state index is 12.4. The van der Waals surface area contributed by atoms with Crippen LogP contribution in [-0.4, -0.2) is 26.6 Å². The van der Waals surface area contributed by atoms with Crippen molar-refractivity contribution in [2.75, 3.05) is 6.54 Å². The van der Waals surface area contributed by atoms with E-state index >= 15 is 0 Å². The summed E-state index contributed by atoms with van der Waals surface area (Å²) in [6.45, 7) is 0.463. The van der Waals surface area contributed by atoms with E-state index in [-0.39, 0.29) is 11.5 Å². The molecule has 0 radical (unpaired) electrons. The van der Waals surface area contributed by atoms with Gasteiger partial charge < -0.3 is 5.32 Å². The molecular formula is C17H17F2NO3S. The molecule has 0 saturated carbocycles. The van der Waals surface area contributed by atoms with E-state index in [1.807, 2.05) is 30.3 Å². The number of rotatable bonds is 7. The van der Waals surface area contributed by atoms with Gasteiger partial charge in [0.15, 0.2) is 0 Å². The van der Waals surface area contributed by atoms with Crippen molar-refractivity contribution in [3.63, 3.8) is 0 Å². The van der Waals surface area contributed by atoms with Gasteiger partial charge in [-0.15, -0.1) is 0 Å². The Morgan fingerprint density at radius 2 is 1.62 bits per heavy atom. The van der Waals surface area contributed by atoms with E-state index in [4.69, 9.17) is 0 Å². The highest BCUT2D eigenvalue weighted by Gasteiger charge is 2.26. The summed E-state index contributed by atoms with van der Waals surface area (Å²) in [4.78, 5) is 11.4. The van der Waals surface area contributed by atoms with Crippen molar-refractivity contribution in [1.82, 2.24) is 5.32 Å². The molecule has 7 heteroatoms. The van der Waals surface area contributed by atoms with Crippen molar-refractivity contribution in [3.8, 4) is 0 Å². The summed E-state index contributed by atoms with van der Waals surface area (Å²) in [7, 11) is -4.64. The number of sulfone groups is 1. The smallest absolute Gasteiger partial charge is 0.341 e. The van der Waals surface area contributed by atoms with Gasteiger partial charge in [0, 0.05) is 12.1 Å².